The van der Waals surface area contributed by atoms with Crippen LogP contribution in [0.5, 0.6) is 11.5 Å². The summed E-state index contributed by atoms with van der Waals surface area (Å²) in [6.07, 6.45) is 3.70. The number of methoxy groups -OCH3 is 1. The van der Waals surface area contributed by atoms with Gasteiger partial charge in [-0.1, -0.05) is 36.4 Å². The summed E-state index contributed by atoms with van der Waals surface area (Å²) in [7, 11) is 3.40. The van der Waals surface area contributed by atoms with E-state index in [1.807, 2.05) is 60.3 Å². The number of para-hydroxylation sites is 2. The molecule has 31 heavy (non-hydrogen) atoms. The van der Waals surface area contributed by atoms with Crippen LogP contribution in [-0.4, -0.2) is 42.5 Å². The molecule has 0 amide bonds. The van der Waals surface area contributed by atoms with Gasteiger partial charge in [-0.15, -0.1) is 24.0 Å². The molecule has 3 rings (SSSR count). The lowest BCUT2D eigenvalue weighted by atomic mass is 10.1. The first kappa shape index (κ1) is 24.5. The molecule has 0 bridgehead atoms. The van der Waals surface area contributed by atoms with Gasteiger partial charge in [0.15, 0.2) is 17.5 Å². The Hall–Kier alpha value is -2.75. The van der Waals surface area contributed by atoms with Crippen LogP contribution in [0.4, 0.5) is 0 Å². The number of benzene rings is 2. The fraction of sp³-hybridized carbons (Fsp3) is 0.304. The summed E-state index contributed by atoms with van der Waals surface area (Å²) in [5.74, 6) is 2.17. The van der Waals surface area contributed by atoms with E-state index in [0.717, 1.165) is 24.0 Å². The van der Waals surface area contributed by atoms with Crippen molar-refractivity contribution in [1.82, 2.24) is 20.4 Å². The van der Waals surface area contributed by atoms with E-state index >= 15 is 0 Å². The van der Waals surface area contributed by atoms with E-state index in [4.69, 9.17) is 9.47 Å². The molecule has 2 aromatic carbocycles. The highest BCUT2D eigenvalue weighted by Gasteiger charge is 2.10. The molecule has 1 heterocycles. The molecule has 0 spiro atoms. The molecule has 0 saturated heterocycles. The maximum absolute atomic E-state index is 5.99. The Balaban J connectivity index is 0.00000341. The predicted octanol–water partition coefficient (Wildman–Crippen LogP) is 3.69. The monoisotopic (exact) mass is 535 g/mol. The van der Waals surface area contributed by atoms with Gasteiger partial charge in [-0.3, -0.25) is 9.67 Å². The minimum atomic E-state index is -0.0630. The fourth-order valence-corrected chi connectivity index (χ4v) is 3.07. The summed E-state index contributed by atoms with van der Waals surface area (Å²) in [4.78, 5) is 4.32. The maximum atomic E-state index is 5.99. The lowest BCUT2D eigenvalue weighted by Crippen LogP contribution is -2.41. The molecule has 7 nitrogen and oxygen atoms in total. The van der Waals surface area contributed by atoms with Gasteiger partial charge in [-0.05, 0) is 36.2 Å². The summed E-state index contributed by atoms with van der Waals surface area (Å²) in [5.41, 5.74) is 2.42. The van der Waals surface area contributed by atoms with E-state index in [0.29, 0.717) is 13.1 Å². The Labute approximate surface area is 200 Å². The van der Waals surface area contributed by atoms with Crippen molar-refractivity contribution in [3.8, 4) is 11.5 Å². The number of nitrogens with zero attached hydrogens (tertiary/aromatic N) is 3. The number of guanidine groups is 1. The van der Waals surface area contributed by atoms with Crippen LogP contribution in [-0.2, 0) is 13.1 Å². The van der Waals surface area contributed by atoms with Crippen molar-refractivity contribution >= 4 is 29.9 Å². The molecule has 1 aromatic heterocycles. The van der Waals surface area contributed by atoms with E-state index in [2.05, 4.69) is 32.9 Å². The van der Waals surface area contributed by atoms with Crippen LogP contribution >= 0.6 is 24.0 Å². The third-order valence-electron chi connectivity index (χ3n) is 4.63. The lowest BCUT2D eigenvalue weighted by molar-refractivity contribution is 0.213. The van der Waals surface area contributed by atoms with E-state index in [1.165, 1.54) is 11.1 Å². The van der Waals surface area contributed by atoms with Gasteiger partial charge in [-0.25, -0.2) is 0 Å². The van der Waals surface area contributed by atoms with Gasteiger partial charge in [0.2, 0.25) is 0 Å². The molecular formula is C23H30IN5O2. The second kappa shape index (κ2) is 12.8. The summed E-state index contributed by atoms with van der Waals surface area (Å²) in [5, 5.41) is 11.0. The van der Waals surface area contributed by atoms with Gasteiger partial charge in [0.1, 0.15) is 6.10 Å². The average Bonchev–Trinajstić information content (AvgIpc) is 3.28. The number of rotatable bonds is 9. The van der Waals surface area contributed by atoms with Crippen molar-refractivity contribution in [3.63, 3.8) is 0 Å². The van der Waals surface area contributed by atoms with Gasteiger partial charge in [0.05, 0.1) is 20.2 Å². The average molecular weight is 535 g/mol. The zero-order valence-corrected chi connectivity index (χ0v) is 20.4. The van der Waals surface area contributed by atoms with Gasteiger partial charge < -0.3 is 20.1 Å². The summed E-state index contributed by atoms with van der Waals surface area (Å²) >= 11 is 0. The molecule has 1 unspecified atom stereocenters. The van der Waals surface area contributed by atoms with Crippen molar-refractivity contribution in [1.29, 1.82) is 0 Å². The number of halogens is 1. The van der Waals surface area contributed by atoms with E-state index < -0.39 is 0 Å². The molecule has 0 aliphatic rings. The van der Waals surface area contributed by atoms with Crippen LogP contribution in [0.1, 0.15) is 18.1 Å². The number of ether oxygens (including phenoxy) is 2. The van der Waals surface area contributed by atoms with Crippen molar-refractivity contribution in [2.45, 2.75) is 26.1 Å². The zero-order chi connectivity index (χ0) is 21.2. The van der Waals surface area contributed by atoms with Gasteiger partial charge in [0, 0.05) is 26.0 Å². The Morgan fingerprint density at radius 2 is 1.74 bits per heavy atom. The second-order valence-electron chi connectivity index (χ2n) is 6.86. The fourth-order valence-electron chi connectivity index (χ4n) is 3.07. The molecule has 0 aliphatic heterocycles. The van der Waals surface area contributed by atoms with E-state index in [9.17, 15) is 0 Å². The molecule has 3 aromatic rings. The molecule has 166 valence electrons. The molecule has 0 radical (unpaired) electrons. The first-order valence-corrected chi connectivity index (χ1v) is 9.98. The molecule has 0 fully saturated rings. The van der Waals surface area contributed by atoms with Crippen molar-refractivity contribution in [3.05, 3.63) is 78.1 Å². The summed E-state index contributed by atoms with van der Waals surface area (Å²) in [6.45, 7) is 4.01. The normalized spacial score (nSPS) is 11.9. The Morgan fingerprint density at radius 1 is 1.03 bits per heavy atom. The third kappa shape index (κ3) is 7.46. The highest BCUT2D eigenvalue weighted by atomic mass is 127. The lowest BCUT2D eigenvalue weighted by Gasteiger charge is -2.19. The molecule has 0 saturated carbocycles. The topological polar surface area (TPSA) is 72.7 Å². The highest BCUT2D eigenvalue weighted by molar-refractivity contribution is 14.0. The van der Waals surface area contributed by atoms with Gasteiger partial charge in [0.25, 0.3) is 0 Å². The molecule has 1 atom stereocenters. The van der Waals surface area contributed by atoms with E-state index in [1.54, 1.807) is 20.4 Å². The van der Waals surface area contributed by atoms with E-state index in [-0.39, 0.29) is 30.1 Å². The van der Waals surface area contributed by atoms with Crippen molar-refractivity contribution < 1.29 is 9.47 Å². The number of aliphatic imine (C=N–C) groups is 1. The third-order valence-corrected chi connectivity index (χ3v) is 4.63. The zero-order valence-electron chi connectivity index (χ0n) is 18.1. The van der Waals surface area contributed by atoms with Crippen LogP contribution in [0.15, 0.2) is 72.0 Å². The first-order chi connectivity index (χ1) is 14.7. The quantitative estimate of drug-likeness (QED) is 0.249. The van der Waals surface area contributed by atoms with Crippen molar-refractivity contribution in [2.24, 2.45) is 4.99 Å². The number of nitrogens with one attached hydrogen (secondary N) is 2. The first-order valence-electron chi connectivity index (χ1n) is 9.98. The number of hydrogen-bond donors (Lipinski definition) is 2. The Bertz CT molecular complexity index is 947. The minimum absolute atomic E-state index is 0. The molecule has 2 N–H and O–H groups in total. The Kier molecular flexibility index (Phi) is 10.2. The van der Waals surface area contributed by atoms with Crippen LogP contribution in [0, 0.1) is 0 Å². The van der Waals surface area contributed by atoms with Crippen LogP contribution in [0.3, 0.4) is 0 Å². The van der Waals surface area contributed by atoms with Gasteiger partial charge >= 0.3 is 0 Å². The predicted molar refractivity (Wildman–Crippen MR) is 134 cm³/mol. The largest absolute Gasteiger partial charge is 0.493 e. The summed E-state index contributed by atoms with van der Waals surface area (Å²) in [6, 6.07) is 17.9. The van der Waals surface area contributed by atoms with Crippen molar-refractivity contribution in [2.75, 3.05) is 20.7 Å². The van der Waals surface area contributed by atoms with Gasteiger partial charge in [-0.2, -0.15) is 5.10 Å². The molecule has 8 heteroatoms. The maximum Gasteiger partial charge on any atom is 0.191 e. The number of hydrogen-bond acceptors (Lipinski definition) is 4. The van der Waals surface area contributed by atoms with Crippen LogP contribution in [0.25, 0.3) is 0 Å². The smallest absolute Gasteiger partial charge is 0.191 e. The van der Waals surface area contributed by atoms with Crippen LogP contribution < -0.4 is 20.1 Å². The molecule has 0 aliphatic carbocycles. The second-order valence-corrected chi connectivity index (χ2v) is 6.86. The SMILES string of the molecule is CN=C(NCc1ccccc1Cn1cccn1)NCC(C)Oc1ccccc1OC.I. The standard InChI is InChI=1S/C23H29N5O2.HI/c1-18(30-22-12-7-6-11-21(22)29-3)15-25-23(24-2)26-16-19-9-4-5-10-20(19)17-28-14-8-13-27-28;/h4-14,18H,15-17H2,1-3H3,(H2,24,25,26);1H. The minimum Gasteiger partial charge on any atom is -0.493 e. The molecular weight excluding hydrogens is 505 g/mol. The number of aromatic nitrogens is 2. The highest BCUT2D eigenvalue weighted by Crippen LogP contribution is 2.26. The Morgan fingerprint density at radius 3 is 2.42 bits per heavy atom. The summed E-state index contributed by atoms with van der Waals surface area (Å²) < 4.78 is 13.3. The van der Waals surface area contributed by atoms with Crippen LogP contribution in [0.2, 0.25) is 0 Å².